The molecule has 0 bridgehead atoms. The van der Waals surface area contributed by atoms with E-state index in [0.29, 0.717) is 0 Å². The summed E-state index contributed by atoms with van der Waals surface area (Å²) in [5.41, 5.74) is 4.59. The fourth-order valence-corrected chi connectivity index (χ4v) is 2.41. The van der Waals surface area contributed by atoms with Gasteiger partial charge in [0.15, 0.2) is 6.23 Å². The van der Waals surface area contributed by atoms with Gasteiger partial charge in [-0.25, -0.2) is 4.79 Å². The normalized spacial score (nSPS) is 29.7. The molecule has 2 rings (SSSR count). The number of hydrogen-bond acceptors (Lipinski definition) is 8. The van der Waals surface area contributed by atoms with E-state index in [9.17, 15) is 15.0 Å². The highest BCUT2D eigenvalue weighted by atomic mass is 32.5. The van der Waals surface area contributed by atoms with Crippen molar-refractivity contribution < 1.29 is 29.3 Å². The van der Waals surface area contributed by atoms with Gasteiger partial charge in [-0.1, -0.05) is 0 Å². The van der Waals surface area contributed by atoms with E-state index in [0.717, 1.165) is 4.57 Å². The first-order chi connectivity index (χ1) is 9.69. The Kier molecular flexibility index (Phi) is 4.76. The van der Waals surface area contributed by atoms with E-state index in [1.807, 2.05) is 0 Å². The van der Waals surface area contributed by atoms with Crippen LogP contribution >= 0.6 is 6.72 Å². The third-order valence-electron chi connectivity index (χ3n) is 2.87. The van der Waals surface area contributed by atoms with Gasteiger partial charge in [0, 0.05) is 6.20 Å². The predicted octanol–water partition coefficient (Wildman–Crippen LogP) is -2.33. The van der Waals surface area contributed by atoms with Gasteiger partial charge in [-0.2, -0.15) is 4.98 Å². The Morgan fingerprint density at radius 3 is 2.71 bits per heavy atom. The van der Waals surface area contributed by atoms with Gasteiger partial charge >= 0.3 is 12.4 Å². The average Bonchev–Trinajstić information content (AvgIpc) is 2.64. The molecule has 1 aromatic heterocycles. The van der Waals surface area contributed by atoms with Gasteiger partial charge < -0.3 is 35.0 Å². The summed E-state index contributed by atoms with van der Waals surface area (Å²) in [6, 6.07) is 1.33. The molecule has 0 amide bonds. The summed E-state index contributed by atoms with van der Waals surface area (Å²) in [6.45, 7) is -4.36. The molecule has 6 N–H and O–H groups in total. The Morgan fingerprint density at radius 1 is 1.48 bits per heavy atom. The molecular formula is C9H14N3O7PS. The molecule has 1 fully saturated rings. The van der Waals surface area contributed by atoms with Crippen LogP contribution in [0.1, 0.15) is 6.23 Å². The summed E-state index contributed by atoms with van der Waals surface area (Å²) in [4.78, 5) is 33.1. The van der Waals surface area contributed by atoms with Crippen LogP contribution in [0.2, 0.25) is 0 Å². The Hall–Kier alpha value is -0.910. The fourth-order valence-electron chi connectivity index (χ4n) is 1.89. The number of nitrogens with zero attached hydrogens (tertiary/aromatic N) is 2. The van der Waals surface area contributed by atoms with Gasteiger partial charge in [-0.05, 0) is 17.9 Å². The number of aliphatic hydroxyl groups is 2. The quantitative estimate of drug-likeness (QED) is 0.376. The largest absolute Gasteiger partial charge is 0.387 e. The standard InChI is InChI=1S/C9H14N3O7PS/c10-5-1-2-12(9(15)11-5)8-7(14)6(13)4(19-8)3-18-20(16,17)21/h1-2,4,6-8,13-14H,3H2,(H2,10,11,15)(H2,16,17,21)/t4-,6?,7?,8-/m1/s1. The monoisotopic (exact) mass is 339 g/mol. The number of aromatic nitrogens is 2. The first-order valence-electron chi connectivity index (χ1n) is 5.75. The first kappa shape index (κ1) is 16.5. The summed E-state index contributed by atoms with van der Waals surface area (Å²) in [7, 11) is 0. The van der Waals surface area contributed by atoms with Gasteiger partial charge in [0.05, 0.1) is 6.61 Å². The van der Waals surface area contributed by atoms with Crippen LogP contribution in [0.4, 0.5) is 5.82 Å². The van der Waals surface area contributed by atoms with Crippen LogP contribution < -0.4 is 11.4 Å². The fraction of sp³-hybridized carbons (Fsp3) is 0.556. The topological polar surface area (TPSA) is 160 Å². The molecule has 4 atom stereocenters. The lowest BCUT2D eigenvalue weighted by atomic mass is 10.1. The highest BCUT2D eigenvalue weighted by Gasteiger charge is 2.44. The SMILES string of the molecule is Nc1ccn([C@@H]2O[C@H](COP(O)(O)=S)C(O)C2O)c(=O)n1. The number of nitrogen functional groups attached to an aromatic ring is 1. The molecule has 0 aliphatic carbocycles. The summed E-state index contributed by atoms with van der Waals surface area (Å²) in [6.07, 6.45) is -3.87. The van der Waals surface area contributed by atoms with Crippen molar-refractivity contribution in [1.82, 2.24) is 9.55 Å². The van der Waals surface area contributed by atoms with Gasteiger partial charge in [0.1, 0.15) is 24.1 Å². The number of hydrogen-bond donors (Lipinski definition) is 5. The zero-order chi connectivity index (χ0) is 15.8. The predicted molar refractivity (Wildman–Crippen MR) is 73.5 cm³/mol. The highest BCUT2D eigenvalue weighted by molar-refractivity contribution is 8.06. The molecule has 1 aliphatic heterocycles. The third-order valence-corrected chi connectivity index (χ3v) is 3.67. The van der Waals surface area contributed by atoms with E-state index in [1.54, 1.807) is 0 Å². The number of rotatable bonds is 4. The molecule has 2 unspecified atom stereocenters. The van der Waals surface area contributed by atoms with E-state index in [-0.39, 0.29) is 5.82 Å². The minimum atomic E-state index is -3.91. The molecule has 0 saturated carbocycles. The minimum Gasteiger partial charge on any atom is -0.387 e. The molecule has 21 heavy (non-hydrogen) atoms. The average molecular weight is 339 g/mol. The van der Waals surface area contributed by atoms with Crippen molar-refractivity contribution in [2.75, 3.05) is 12.3 Å². The van der Waals surface area contributed by atoms with Crippen molar-refractivity contribution in [2.45, 2.75) is 24.5 Å². The maximum Gasteiger partial charge on any atom is 0.351 e. The summed E-state index contributed by atoms with van der Waals surface area (Å²) < 4.78 is 10.8. The Balaban J connectivity index is 2.16. The Labute approximate surface area is 123 Å². The molecule has 0 spiro atoms. The summed E-state index contributed by atoms with van der Waals surface area (Å²) >= 11 is 4.27. The van der Waals surface area contributed by atoms with E-state index in [4.69, 9.17) is 20.3 Å². The first-order valence-corrected chi connectivity index (χ1v) is 8.38. The van der Waals surface area contributed by atoms with E-state index < -0.39 is 43.6 Å². The van der Waals surface area contributed by atoms with Gasteiger partial charge in [-0.3, -0.25) is 4.57 Å². The second kappa shape index (κ2) is 6.07. The van der Waals surface area contributed by atoms with Crippen molar-refractivity contribution in [2.24, 2.45) is 0 Å². The van der Waals surface area contributed by atoms with Crippen LogP contribution in [0, 0.1) is 0 Å². The number of ether oxygens (including phenoxy) is 1. The van der Waals surface area contributed by atoms with Gasteiger partial charge in [-0.15, -0.1) is 0 Å². The van der Waals surface area contributed by atoms with Crippen LogP contribution in [0.5, 0.6) is 0 Å². The molecule has 10 nitrogen and oxygen atoms in total. The van der Waals surface area contributed by atoms with Gasteiger partial charge in [0.2, 0.25) is 0 Å². The molecule has 2 heterocycles. The lowest BCUT2D eigenvalue weighted by Gasteiger charge is -2.17. The second-order valence-electron chi connectivity index (χ2n) is 4.37. The molecule has 118 valence electrons. The Bertz CT molecular complexity index is 620. The zero-order valence-corrected chi connectivity index (χ0v) is 12.2. The molecule has 0 radical (unpaired) electrons. The van der Waals surface area contributed by atoms with Crippen LogP contribution in [0.3, 0.4) is 0 Å². The molecule has 1 saturated heterocycles. The van der Waals surface area contributed by atoms with Crippen molar-refractivity contribution in [3.05, 3.63) is 22.7 Å². The van der Waals surface area contributed by atoms with Crippen molar-refractivity contribution in [3.8, 4) is 0 Å². The molecule has 1 aliphatic rings. The number of aliphatic hydroxyl groups excluding tert-OH is 2. The Morgan fingerprint density at radius 2 is 2.14 bits per heavy atom. The van der Waals surface area contributed by atoms with Crippen molar-refractivity contribution in [1.29, 1.82) is 0 Å². The molecule has 0 aromatic carbocycles. The smallest absolute Gasteiger partial charge is 0.351 e. The minimum absolute atomic E-state index is 0.00502. The van der Waals surface area contributed by atoms with Crippen LogP contribution in [-0.2, 0) is 21.1 Å². The van der Waals surface area contributed by atoms with Gasteiger partial charge in [0.25, 0.3) is 0 Å². The lowest BCUT2D eigenvalue weighted by Crippen LogP contribution is -2.36. The maximum atomic E-state index is 11.7. The molecule has 1 aromatic rings. The van der Waals surface area contributed by atoms with Crippen molar-refractivity contribution in [3.63, 3.8) is 0 Å². The summed E-state index contributed by atoms with van der Waals surface area (Å²) in [5, 5.41) is 19.7. The molecular weight excluding hydrogens is 325 g/mol. The van der Waals surface area contributed by atoms with E-state index in [2.05, 4.69) is 21.3 Å². The van der Waals surface area contributed by atoms with Crippen LogP contribution in [0.15, 0.2) is 17.1 Å². The van der Waals surface area contributed by atoms with Crippen molar-refractivity contribution >= 4 is 24.3 Å². The lowest BCUT2D eigenvalue weighted by molar-refractivity contribution is -0.0526. The summed E-state index contributed by atoms with van der Waals surface area (Å²) in [5.74, 6) is 0.00502. The van der Waals surface area contributed by atoms with E-state index in [1.165, 1.54) is 12.3 Å². The van der Waals surface area contributed by atoms with Crippen LogP contribution in [-0.4, -0.2) is 54.5 Å². The maximum absolute atomic E-state index is 11.7. The molecule has 12 heteroatoms. The number of anilines is 1. The zero-order valence-electron chi connectivity index (χ0n) is 10.5. The van der Waals surface area contributed by atoms with E-state index >= 15 is 0 Å². The number of nitrogens with two attached hydrogens (primary N) is 1. The second-order valence-corrected chi connectivity index (χ2v) is 7.04. The highest BCUT2D eigenvalue weighted by Crippen LogP contribution is 2.38. The third kappa shape index (κ3) is 3.84. The van der Waals surface area contributed by atoms with Crippen LogP contribution in [0.25, 0.3) is 0 Å².